The van der Waals surface area contributed by atoms with Crippen molar-refractivity contribution in [3.63, 3.8) is 0 Å². The number of amides is 2. The number of halogens is 5. The number of aryl methyl sites for hydroxylation is 1. The van der Waals surface area contributed by atoms with Crippen molar-refractivity contribution >= 4 is 44.9 Å². The van der Waals surface area contributed by atoms with E-state index in [0.29, 0.717) is 41.5 Å². The molecule has 2 amide bonds. The average molecular weight is 600 g/mol. The van der Waals surface area contributed by atoms with Gasteiger partial charge in [0.1, 0.15) is 16.4 Å². The summed E-state index contributed by atoms with van der Waals surface area (Å²) < 4.78 is 74.9. The lowest BCUT2D eigenvalue weighted by Crippen LogP contribution is -2.44. The van der Waals surface area contributed by atoms with Gasteiger partial charge < -0.3 is 19.9 Å². The fourth-order valence-electron chi connectivity index (χ4n) is 5.10. The number of anilines is 2. The number of benzene rings is 1. The number of carbonyl (C=O) groups excluding carboxylic acids is 2. The monoisotopic (exact) mass is 599 g/mol. The van der Waals surface area contributed by atoms with Crippen LogP contribution in [0.1, 0.15) is 48.0 Å². The van der Waals surface area contributed by atoms with E-state index in [-0.39, 0.29) is 28.2 Å². The molecule has 0 bridgehead atoms. The molecule has 0 aliphatic carbocycles. The Morgan fingerprint density at radius 2 is 1.80 bits per heavy atom. The van der Waals surface area contributed by atoms with E-state index in [0.717, 1.165) is 23.3 Å². The first-order valence-corrected chi connectivity index (χ1v) is 13.7. The minimum absolute atomic E-state index is 0.00864. The van der Waals surface area contributed by atoms with Crippen molar-refractivity contribution in [1.29, 1.82) is 0 Å². The van der Waals surface area contributed by atoms with Crippen molar-refractivity contribution < 1.29 is 36.3 Å². The zero-order valence-corrected chi connectivity index (χ0v) is 23.7. The molecule has 0 spiro atoms. The predicted octanol–water partition coefficient (Wildman–Crippen LogP) is 6.02. The van der Waals surface area contributed by atoms with Crippen molar-refractivity contribution in [1.82, 2.24) is 19.8 Å². The normalized spacial score (nSPS) is 16.2. The maximum Gasteiger partial charge on any atom is 0.419 e. The Labute approximate surface area is 237 Å². The molecule has 2 atom stereocenters. The molecule has 1 saturated heterocycles. The fraction of sp³-hybridized carbons (Fsp3) is 0.481. The van der Waals surface area contributed by atoms with Crippen LogP contribution in [0.2, 0.25) is 0 Å². The molecular formula is C27H30F5N5O3S. The largest absolute Gasteiger partial charge is 0.419 e. The van der Waals surface area contributed by atoms with Gasteiger partial charge in [0.25, 0.3) is 6.43 Å². The molecule has 3 heterocycles. The molecule has 1 aliphatic heterocycles. The van der Waals surface area contributed by atoms with E-state index >= 15 is 0 Å². The lowest BCUT2D eigenvalue weighted by atomic mass is 9.94. The number of hydrogen-bond acceptors (Lipinski definition) is 7. The van der Waals surface area contributed by atoms with Crippen LogP contribution in [0.4, 0.5) is 33.3 Å². The quantitative estimate of drug-likeness (QED) is 0.319. The van der Waals surface area contributed by atoms with Crippen LogP contribution in [0.5, 0.6) is 0 Å². The Morgan fingerprint density at radius 1 is 1.17 bits per heavy atom. The number of carbonyl (C=O) groups is 2. The lowest BCUT2D eigenvalue weighted by molar-refractivity contribution is -0.215. The van der Waals surface area contributed by atoms with E-state index in [1.807, 2.05) is 0 Å². The topological polar surface area (TPSA) is 87.7 Å². The van der Waals surface area contributed by atoms with Crippen molar-refractivity contribution in [2.45, 2.75) is 51.4 Å². The third kappa shape index (κ3) is 6.58. The van der Waals surface area contributed by atoms with Crippen LogP contribution in [0.3, 0.4) is 0 Å². The summed E-state index contributed by atoms with van der Waals surface area (Å²) in [6, 6.07) is 4.17. The second kappa shape index (κ2) is 12.2. The average Bonchev–Trinajstić information content (AvgIpc) is 3.30. The summed E-state index contributed by atoms with van der Waals surface area (Å²) >= 11 is 1.15. The highest BCUT2D eigenvalue weighted by Crippen LogP contribution is 2.43. The number of piperidine rings is 1. The van der Waals surface area contributed by atoms with Crippen molar-refractivity contribution in [2.75, 3.05) is 32.6 Å². The van der Waals surface area contributed by atoms with Gasteiger partial charge in [-0.3, -0.25) is 9.59 Å². The summed E-state index contributed by atoms with van der Waals surface area (Å²) in [5, 5.41) is 3.43. The standard InChI is InChI=1S/C27H30F5N5O3S/c1-14-34-21-20(23(40-4)27(30,31)32)19(13-33-25(21)41-14)35-18-7-5-16(6-8-18)22(24(28)29)36(3)26(39)17-9-11-37(12-10-17)15(2)38/h5-8,13,17,22-24,35H,9-12H2,1-4H3/t22-,23?/m0/s1. The zero-order valence-electron chi connectivity index (χ0n) is 22.8. The van der Waals surface area contributed by atoms with Gasteiger partial charge in [-0.15, -0.1) is 0 Å². The fourth-order valence-corrected chi connectivity index (χ4v) is 5.88. The van der Waals surface area contributed by atoms with Gasteiger partial charge in [-0.2, -0.15) is 13.2 Å². The molecule has 14 heteroatoms. The first-order valence-electron chi connectivity index (χ1n) is 12.8. The number of pyridine rings is 1. The third-order valence-corrected chi connectivity index (χ3v) is 8.07. The maximum atomic E-state index is 14.2. The predicted molar refractivity (Wildman–Crippen MR) is 144 cm³/mol. The Hall–Kier alpha value is -3.39. The molecule has 1 aromatic carbocycles. The van der Waals surface area contributed by atoms with Gasteiger partial charge in [-0.05, 0) is 37.5 Å². The maximum absolute atomic E-state index is 14.2. The van der Waals surface area contributed by atoms with Crippen molar-refractivity contribution in [2.24, 2.45) is 5.92 Å². The van der Waals surface area contributed by atoms with E-state index in [1.54, 1.807) is 11.8 Å². The van der Waals surface area contributed by atoms with Crippen LogP contribution >= 0.6 is 11.3 Å². The number of nitrogens with one attached hydrogen (secondary N) is 1. The van der Waals surface area contributed by atoms with Crippen LogP contribution in [-0.2, 0) is 14.3 Å². The van der Waals surface area contributed by atoms with Crippen LogP contribution in [0.25, 0.3) is 10.3 Å². The molecule has 222 valence electrons. The Morgan fingerprint density at radius 3 is 2.34 bits per heavy atom. The Balaban J connectivity index is 1.57. The molecule has 1 fully saturated rings. The number of likely N-dealkylation sites (tertiary alicyclic amines) is 1. The van der Waals surface area contributed by atoms with Crippen LogP contribution in [0, 0.1) is 12.8 Å². The first kappa shape index (κ1) is 30.6. The molecule has 4 rings (SSSR count). The molecular weight excluding hydrogens is 569 g/mol. The third-order valence-electron chi connectivity index (χ3n) is 7.19. The summed E-state index contributed by atoms with van der Waals surface area (Å²) in [6.45, 7) is 3.89. The number of methoxy groups -OCH3 is 1. The van der Waals surface area contributed by atoms with E-state index in [4.69, 9.17) is 4.74 Å². The molecule has 8 nitrogen and oxygen atoms in total. The number of hydrogen-bond donors (Lipinski definition) is 1. The number of rotatable bonds is 8. The summed E-state index contributed by atoms with van der Waals surface area (Å²) in [7, 11) is 2.28. The van der Waals surface area contributed by atoms with Gasteiger partial charge in [-0.1, -0.05) is 23.5 Å². The second-order valence-corrected chi connectivity index (χ2v) is 11.1. The van der Waals surface area contributed by atoms with Gasteiger partial charge in [0, 0.05) is 51.3 Å². The Bertz CT molecular complexity index is 1390. The molecule has 1 aliphatic rings. The SMILES string of the molecule is COC(c1c(Nc2ccc([C@@H](C(F)F)N(C)C(=O)C3CCN(C(C)=O)CC3)cc2)cnc2sc(C)nc12)C(F)(F)F. The van der Waals surface area contributed by atoms with E-state index < -0.39 is 36.6 Å². The van der Waals surface area contributed by atoms with E-state index in [1.165, 1.54) is 44.4 Å². The van der Waals surface area contributed by atoms with Gasteiger partial charge in [-0.25, -0.2) is 18.7 Å². The van der Waals surface area contributed by atoms with Gasteiger partial charge in [0.2, 0.25) is 11.8 Å². The highest BCUT2D eigenvalue weighted by atomic mass is 32.1. The van der Waals surface area contributed by atoms with Crippen molar-refractivity contribution in [3.05, 3.63) is 46.6 Å². The number of alkyl halides is 5. The summed E-state index contributed by atoms with van der Waals surface area (Å²) in [6.07, 6.45) is -7.86. The summed E-state index contributed by atoms with van der Waals surface area (Å²) in [5.41, 5.74) is 0.319. The number of fused-ring (bicyclic) bond motifs is 1. The van der Waals surface area contributed by atoms with Crippen molar-refractivity contribution in [3.8, 4) is 0 Å². The smallest absolute Gasteiger partial charge is 0.367 e. The molecule has 1 unspecified atom stereocenters. The zero-order chi connectivity index (χ0) is 30.1. The van der Waals surface area contributed by atoms with Crippen LogP contribution in [0.15, 0.2) is 30.5 Å². The van der Waals surface area contributed by atoms with Crippen LogP contribution < -0.4 is 5.32 Å². The number of thiazole rings is 1. The molecule has 0 saturated carbocycles. The van der Waals surface area contributed by atoms with Crippen LogP contribution in [-0.4, -0.2) is 71.4 Å². The highest BCUT2D eigenvalue weighted by Gasteiger charge is 2.44. The van der Waals surface area contributed by atoms with E-state index in [9.17, 15) is 31.5 Å². The van der Waals surface area contributed by atoms with Gasteiger partial charge in [0.15, 0.2) is 6.10 Å². The Kier molecular flexibility index (Phi) is 9.12. The minimum atomic E-state index is -4.73. The number of nitrogens with zero attached hydrogens (tertiary/aromatic N) is 4. The minimum Gasteiger partial charge on any atom is -0.367 e. The molecule has 1 N–H and O–H groups in total. The first-order chi connectivity index (χ1) is 19.3. The summed E-state index contributed by atoms with van der Waals surface area (Å²) in [4.78, 5) is 36.1. The second-order valence-electron chi connectivity index (χ2n) is 9.89. The van der Waals surface area contributed by atoms with Gasteiger partial charge in [0.05, 0.1) is 16.9 Å². The molecule has 2 aromatic heterocycles. The lowest BCUT2D eigenvalue weighted by Gasteiger charge is -2.35. The number of aromatic nitrogens is 2. The molecule has 3 aromatic rings. The van der Waals surface area contributed by atoms with E-state index in [2.05, 4.69) is 15.3 Å². The summed E-state index contributed by atoms with van der Waals surface area (Å²) in [5.74, 6) is -1.000. The number of ether oxygens (including phenoxy) is 1. The van der Waals surface area contributed by atoms with Gasteiger partial charge >= 0.3 is 6.18 Å². The highest BCUT2D eigenvalue weighted by molar-refractivity contribution is 7.18. The molecule has 0 radical (unpaired) electrons. The molecule has 41 heavy (non-hydrogen) atoms.